The predicted octanol–water partition coefficient (Wildman–Crippen LogP) is 1.08. The van der Waals surface area contributed by atoms with Crippen LogP contribution in [0.4, 0.5) is 0 Å². The number of pyridine rings is 1. The average Bonchev–Trinajstić information content (AvgIpc) is 2.90. The largest absolute Gasteiger partial charge is 0.487 e. The van der Waals surface area contributed by atoms with E-state index in [1.54, 1.807) is 18.2 Å². The van der Waals surface area contributed by atoms with Gasteiger partial charge in [0.15, 0.2) is 11.5 Å². The van der Waals surface area contributed by atoms with Crippen molar-refractivity contribution >= 4 is 11.8 Å². The van der Waals surface area contributed by atoms with Crippen LogP contribution >= 0.6 is 0 Å². The summed E-state index contributed by atoms with van der Waals surface area (Å²) >= 11 is 0. The molecule has 2 bridgehead atoms. The van der Waals surface area contributed by atoms with Gasteiger partial charge in [0, 0.05) is 13.1 Å². The van der Waals surface area contributed by atoms with Gasteiger partial charge in [-0.15, -0.1) is 0 Å². The van der Waals surface area contributed by atoms with Crippen molar-refractivity contribution < 1.29 is 38.0 Å². The molecule has 11 heteroatoms. The van der Waals surface area contributed by atoms with E-state index in [-0.39, 0.29) is 23.2 Å². The van der Waals surface area contributed by atoms with Crippen LogP contribution in [0.15, 0.2) is 42.5 Å². The number of rotatable bonds is 0. The second kappa shape index (κ2) is 16.4. The van der Waals surface area contributed by atoms with E-state index in [4.69, 9.17) is 28.4 Å². The first-order valence-corrected chi connectivity index (χ1v) is 11.9. The Kier molecular flexibility index (Phi) is 12.5. The van der Waals surface area contributed by atoms with Crippen molar-refractivity contribution in [2.75, 3.05) is 79.2 Å². The molecule has 1 aromatic carbocycles. The molecule has 36 heavy (non-hydrogen) atoms. The molecule has 0 atom stereocenters. The van der Waals surface area contributed by atoms with Gasteiger partial charge in [-0.05, 0) is 24.3 Å². The third-order valence-corrected chi connectivity index (χ3v) is 4.84. The van der Waals surface area contributed by atoms with Gasteiger partial charge in [-0.3, -0.25) is 9.59 Å². The van der Waals surface area contributed by atoms with Crippen LogP contribution in [0.3, 0.4) is 0 Å². The summed E-state index contributed by atoms with van der Waals surface area (Å²) < 4.78 is 33.5. The molecule has 2 N–H and O–H groups in total. The monoisotopic (exact) mass is 503 g/mol. The molecule has 1 aromatic heterocycles. The van der Waals surface area contributed by atoms with Crippen LogP contribution in [0.5, 0.6) is 11.5 Å². The lowest BCUT2D eigenvalue weighted by atomic mass is 10.2. The zero-order valence-electron chi connectivity index (χ0n) is 20.2. The fourth-order valence-electron chi connectivity index (χ4n) is 3.10. The minimum Gasteiger partial charge on any atom is -0.487 e. The smallest absolute Gasteiger partial charge is 0.269 e. The van der Waals surface area contributed by atoms with Crippen molar-refractivity contribution in [2.24, 2.45) is 0 Å². The molecule has 0 fully saturated rings. The second-order valence-corrected chi connectivity index (χ2v) is 7.51. The fourth-order valence-corrected chi connectivity index (χ4v) is 3.10. The lowest BCUT2D eigenvalue weighted by Gasteiger charge is -2.13. The van der Waals surface area contributed by atoms with Crippen molar-refractivity contribution in [3.8, 4) is 11.5 Å². The van der Waals surface area contributed by atoms with E-state index >= 15 is 0 Å². The molecule has 11 nitrogen and oxygen atoms in total. The maximum atomic E-state index is 12.3. The van der Waals surface area contributed by atoms with E-state index in [1.807, 2.05) is 24.3 Å². The number of nitrogens with one attached hydrogen (secondary N) is 2. The summed E-state index contributed by atoms with van der Waals surface area (Å²) in [6.07, 6.45) is 0. The lowest BCUT2D eigenvalue weighted by Crippen LogP contribution is -2.31. The van der Waals surface area contributed by atoms with Crippen molar-refractivity contribution in [2.45, 2.75) is 0 Å². The van der Waals surface area contributed by atoms with Gasteiger partial charge in [0.05, 0.1) is 52.9 Å². The standard InChI is InChI=1S/C25H33N3O8/c29-24-20-4-3-5-21(28-20)25(30)27-9-11-32-13-15-34-17-19-36-23-7-2-1-6-22(23)35-18-16-33-14-12-31-10-8-26-24/h1-7H,8-19H2,(H,26,29)(H,27,30). The molecule has 1 aliphatic heterocycles. The fraction of sp³-hybridized carbons (Fsp3) is 0.480. The number of aromatic nitrogens is 1. The Labute approximate surface area is 210 Å². The molecule has 1 aliphatic rings. The Bertz CT molecular complexity index is 873. The first-order chi connectivity index (χ1) is 17.7. The quantitative estimate of drug-likeness (QED) is 0.543. The molecule has 2 aromatic rings. The van der Waals surface area contributed by atoms with Gasteiger partial charge in [-0.25, -0.2) is 4.98 Å². The Balaban J connectivity index is 1.47. The number of carbonyl (C=O) groups is 2. The number of fused-ring (bicyclic) bond motifs is 3. The van der Waals surface area contributed by atoms with Crippen molar-refractivity contribution in [3.05, 3.63) is 53.9 Å². The van der Waals surface area contributed by atoms with E-state index in [0.717, 1.165) is 0 Å². The molecule has 0 saturated carbocycles. The van der Waals surface area contributed by atoms with Gasteiger partial charge < -0.3 is 39.1 Å². The number of hydrogen-bond donors (Lipinski definition) is 2. The van der Waals surface area contributed by atoms with Crippen LogP contribution in [0.1, 0.15) is 21.0 Å². The van der Waals surface area contributed by atoms with E-state index in [2.05, 4.69) is 15.6 Å². The zero-order valence-corrected chi connectivity index (χ0v) is 20.2. The number of nitrogens with zero attached hydrogens (tertiary/aromatic N) is 1. The van der Waals surface area contributed by atoms with Gasteiger partial charge in [0.25, 0.3) is 11.8 Å². The Morgan fingerprint density at radius 3 is 1.42 bits per heavy atom. The van der Waals surface area contributed by atoms with E-state index in [0.29, 0.717) is 90.7 Å². The maximum Gasteiger partial charge on any atom is 0.269 e. The van der Waals surface area contributed by atoms with E-state index in [9.17, 15) is 9.59 Å². The molecule has 3 rings (SSSR count). The normalized spacial score (nSPS) is 18.3. The van der Waals surface area contributed by atoms with Crippen molar-refractivity contribution in [1.82, 2.24) is 15.6 Å². The summed E-state index contributed by atoms with van der Waals surface area (Å²) in [4.78, 5) is 28.8. The number of ether oxygens (including phenoxy) is 6. The highest BCUT2D eigenvalue weighted by Gasteiger charge is 2.12. The molecule has 0 spiro atoms. The molecule has 0 unspecified atom stereocenters. The second-order valence-electron chi connectivity index (χ2n) is 7.51. The zero-order chi connectivity index (χ0) is 25.3. The van der Waals surface area contributed by atoms with Crippen molar-refractivity contribution in [3.63, 3.8) is 0 Å². The molecule has 0 saturated heterocycles. The number of hydrogen-bond acceptors (Lipinski definition) is 9. The Morgan fingerprint density at radius 1 is 0.528 bits per heavy atom. The van der Waals surface area contributed by atoms with Gasteiger partial charge in [-0.1, -0.05) is 18.2 Å². The van der Waals surface area contributed by atoms with Crippen LogP contribution in [-0.2, 0) is 18.9 Å². The molecule has 196 valence electrons. The summed E-state index contributed by atoms with van der Waals surface area (Å²) in [6.45, 7) is 4.34. The van der Waals surface area contributed by atoms with Crippen LogP contribution < -0.4 is 20.1 Å². The molecule has 0 radical (unpaired) electrons. The van der Waals surface area contributed by atoms with Crippen molar-refractivity contribution in [1.29, 1.82) is 0 Å². The summed E-state index contributed by atoms with van der Waals surface area (Å²) in [7, 11) is 0. The molecule has 2 amide bonds. The van der Waals surface area contributed by atoms with Crippen LogP contribution in [0, 0.1) is 0 Å². The average molecular weight is 504 g/mol. The number of amides is 2. The summed E-state index contributed by atoms with van der Waals surface area (Å²) in [5, 5.41) is 5.44. The van der Waals surface area contributed by atoms with Crippen LogP contribution in [0.25, 0.3) is 0 Å². The summed E-state index contributed by atoms with van der Waals surface area (Å²) in [6, 6.07) is 12.1. The van der Waals surface area contributed by atoms with Crippen LogP contribution in [-0.4, -0.2) is 96.0 Å². The highest BCUT2D eigenvalue weighted by Crippen LogP contribution is 2.26. The lowest BCUT2D eigenvalue weighted by molar-refractivity contribution is 0.0338. The number of carbonyl (C=O) groups excluding carboxylic acids is 2. The van der Waals surface area contributed by atoms with Gasteiger partial charge in [-0.2, -0.15) is 0 Å². The number of benzene rings is 1. The highest BCUT2D eigenvalue weighted by atomic mass is 16.6. The minimum absolute atomic E-state index is 0.155. The van der Waals surface area contributed by atoms with Gasteiger partial charge >= 0.3 is 0 Å². The van der Waals surface area contributed by atoms with Gasteiger partial charge in [0.2, 0.25) is 0 Å². The molecule has 2 heterocycles. The number of para-hydroxylation sites is 2. The van der Waals surface area contributed by atoms with E-state index < -0.39 is 0 Å². The van der Waals surface area contributed by atoms with E-state index in [1.165, 1.54) is 0 Å². The Hall–Kier alpha value is -3.25. The summed E-state index contributed by atoms with van der Waals surface area (Å²) in [5.41, 5.74) is 0.310. The molecule has 0 aliphatic carbocycles. The third kappa shape index (κ3) is 10.2. The first-order valence-electron chi connectivity index (χ1n) is 11.9. The Morgan fingerprint density at radius 2 is 0.944 bits per heavy atom. The molecular weight excluding hydrogens is 470 g/mol. The minimum atomic E-state index is -0.383. The maximum absolute atomic E-state index is 12.3. The molecular formula is C25H33N3O8. The summed E-state index contributed by atoms with van der Waals surface area (Å²) in [5.74, 6) is 0.504. The van der Waals surface area contributed by atoms with Gasteiger partial charge in [0.1, 0.15) is 24.6 Å². The predicted molar refractivity (Wildman–Crippen MR) is 130 cm³/mol. The highest BCUT2D eigenvalue weighted by molar-refractivity contribution is 5.96. The van der Waals surface area contributed by atoms with Crippen LogP contribution in [0.2, 0.25) is 0 Å². The SMILES string of the molecule is O=C1NCCOCCOCCOc2ccccc2OCCOCCOCCNC(=O)c2cccc1n2. The topological polar surface area (TPSA) is 126 Å². The third-order valence-electron chi connectivity index (χ3n) is 4.84. The first kappa shape index (κ1) is 27.3.